The van der Waals surface area contributed by atoms with Crippen molar-refractivity contribution < 1.29 is 0 Å². The molecule has 0 radical (unpaired) electrons. The standard InChI is InChI=1S/C11H10N6S/c1-7-4-5-13-10(9(7)6-12)18-11-14-15-16-17(11)8-2-3-8/h4-5,8H,2-3H2,1H3. The van der Waals surface area contributed by atoms with Crippen molar-refractivity contribution >= 4 is 11.8 Å². The Morgan fingerprint density at radius 3 is 3.06 bits per heavy atom. The van der Waals surface area contributed by atoms with Gasteiger partial charge in [0.25, 0.3) is 0 Å². The van der Waals surface area contributed by atoms with Gasteiger partial charge in [-0.05, 0) is 53.6 Å². The minimum absolute atomic E-state index is 0.415. The van der Waals surface area contributed by atoms with Gasteiger partial charge in [-0.25, -0.2) is 9.67 Å². The Labute approximate surface area is 108 Å². The van der Waals surface area contributed by atoms with Gasteiger partial charge >= 0.3 is 0 Å². The van der Waals surface area contributed by atoms with Gasteiger partial charge in [0.2, 0.25) is 5.16 Å². The van der Waals surface area contributed by atoms with Gasteiger partial charge in [0.05, 0.1) is 11.6 Å². The summed E-state index contributed by atoms with van der Waals surface area (Å²) in [5.41, 5.74) is 1.51. The third-order valence-electron chi connectivity index (χ3n) is 2.78. The second-order valence-corrected chi connectivity index (χ2v) is 5.12. The van der Waals surface area contributed by atoms with Crippen molar-refractivity contribution in [3.05, 3.63) is 23.4 Å². The molecule has 0 N–H and O–H groups in total. The Bertz CT molecular complexity index is 625. The first-order valence-electron chi connectivity index (χ1n) is 5.61. The Morgan fingerprint density at radius 1 is 1.50 bits per heavy atom. The molecule has 1 saturated carbocycles. The molecule has 18 heavy (non-hydrogen) atoms. The summed E-state index contributed by atoms with van der Waals surface area (Å²) >= 11 is 1.35. The number of aryl methyl sites for hydroxylation is 1. The predicted octanol–water partition coefficient (Wildman–Crippen LogP) is 1.73. The van der Waals surface area contributed by atoms with Crippen LogP contribution in [0.5, 0.6) is 0 Å². The fourth-order valence-electron chi connectivity index (χ4n) is 1.63. The highest BCUT2D eigenvalue weighted by Gasteiger charge is 2.28. The molecular weight excluding hydrogens is 248 g/mol. The maximum Gasteiger partial charge on any atom is 0.215 e. The van der Waals surface area contributed by atoms with E-state index in [0.717, 1.165) is 18.4 Å². The summed E-state index contributed by atoms with van der Waals surface area (Å²) in [6.45, 7) is 1.90. The van der Waals surface area contributed by atoms with Gasteiger partial charge in [-0.15, -0.1) is 5.10 Å². The van der Waals surface area contributed by atoms with Crippen LogP contribution in [0.1, 0.15) is 30.0 Å². The number of hydrogen-bond acceptors (Lipinski definition) is 6. The van der Waals surface area contributed by atoms with Crippen LogP contribution in [-0.2, 0) is 0 Å². The molecular formula is C11H10N6S. The summed E-state index contributed by atoms with van der Waals surface area (Å²) in [6.07, 6.45) is 3.93. The van der Waals surface area contributed by atoms with Crippen molar-refractivity contribution in [2.75, 3.05) is 0 Å². The van der Waals surface area contributed by atoms with Crippen molar-refractivity contribution in [3.63, 3.8) is 0 Å². The topological polar surface area (TPSA) is 80.3 Å². The highest BCUT2D eigenvalue weighted by Crippen LogP contribution is 2.38. The molecule has 90 valence electrons. The summed E-state index contributed by atoms with van der Waals surface area (Å²) in [5.74, 6) is 0. The molecule has 7 heteroatoms. The zero-order chi connectivity index (χ0) is 12.5. The van der Waals surface area contributed by atoms with Crippen LogP contribution in [0.3, 0.4) is 0 Å². The Kier molecular flexibility index (Phi) is 2.72. The number of hydrogen-bond donors (Lipinski definition) is 0. The molecule has 0 spiro atoms. The Hall–Kier alpha value is -1.94. The van der Waals surface area contributed by atoms with Gasteiger partial charge in [-0.1, -0.05) is 0 Å². The second-order valence-electron chi connectivity index (χ2n) is 4.16. The minimum Gasteiger partial charge on any atom is -0.248 e. The van der Waals surface area contributed by atoms with Crippen molar-refractivity contribution in [2.45, 2.75) is 36.0 Å². The molecule has 6 nitrogen and oxygen atoms in total. The summed E-state index contributed by atoms with van der Waals surface area (Å²) in [6, 6.07) is 4.42. The average molecular weight is 258 g/mol. The molecule has 0 unspecified atom stereocenters. The largest absolute Gasteiger partial charge is 0.248 e. The SMILES string of the molecule is Cc1ccnc(Sc2nnnn2C2CC2)c1C#N. The molecule has 1 fully saturated rings. The van der Waals surface area contributed by atoms with Crippen LogP contribution in [0.25, 0.3) is 0 Å². The van der Waals surface area contributed by atoms with E-state index in [0.29, 0.717) is 21.8 Å². The van der Waals surface area contributed by atoms with Crippen LogP contribution in [0.2, 0.25) is 0 Å². The first-order valence-corrected chi connectivity index (χ1v) is 6.42. The van der Waals surface area contributed by atoms with Gasteiger partial charge < -0.3 is 0 Å². The smallest absolute Gasteiger partial charge is 0.215 e. The normalized spacial score (nSPS) is 14.4. The van der Waals surface area contributed by atoms with E-state index < -0.39 is 0 Å². The van der Waals surface area contributed by atoms with Crippen LogP contribution in [0.4, 0.5) is 0 Å². The first kappa shape index (κ1) is 11.2. The van der Waals surface area contributed by atoms with E-state index >= 15 is 0 Å². The van der Waals surface area contributed by atoms with Crippen LogP contribution in [0.15, 0.2) is 22.4 Å². The van der Waals surface area contributed by atoms with Crippen molar-refractivity contribution in [1.82, 2.24) is 25.2 Å². The zero-order valence-electron chi connectivity index (χ0n) is 9.74. The highest BCUT2D eigenvalue weighted by atomic mass is 32.2. The predicted molar refractivity (Wildman–Crippen MR) is 63.9 cm³/mol. The lowest BCUT2D eigenvalue weighted by atomic mass is 10.2. The quantitative estimate of drug-likeness (QED) is 0.834. The van der Waals surface area contributed by atoms with Crippen LogP contribution >= 0.6 is 11.8 Å². The van der Waals surface area contributed by atoms with E-state index in [1.807, 2.05) is 17.7 Å². The van der Waals surface area contributed by atoms with E-state index in [-0.39, 0.29) is 0 Å². The van der Waals surface area contributed by atoms with Crippen molar-refractivity contribution in [1.29, 1.82) is 5.26 Å². The third kappa shape index (κ3) is 1.95. The van der Waals surface area contributed by atoms with Gasteiger partial charge in [-0.3, -0.25) is 0 Å². The Balaban J connectivity index is 1.95. The molecule has 0 aliphatic heterocycles. The lowest BCUT2D eigenvalue weighted by molar-refractivity contribution is 0.565. The van der Waals surface area contributed by atoms with Crippen LogP contribution in [-0.4, -0.2) is 25.2 Å². The molecule has 2 aromatic heterocycles. The molecule has 0 bridgehead atoms. The summed E-state index contributed by atoms with van der Waals surface area (Å²) in [7, 11) is 0. The molecule has 3 rings (SSSR count). The van der Waals surface area contributed by atoms with Gasteiger partial charge in [0, 0.05) is 6.20 Å². The molecule has 2 heterocycles. The highest BCUT2D eigenvalue weighted by molar-refractivity contribution is 7.99. The van der Waals surface area contributed by atoms with E-state index in [4.69, 9.17) is 5.26 Å². The number of aromatic nitrogens is 5. The molecule has 0 amide bonds. The number of nitriles is 1. The number of tetrazole rings is 1. The number of pyridine rings is 1. The second kappa shape index (κ2) is 4.38. The van der Waals surface area contributed by atoms with E-state index in [9.17, 15) is 0 Å². The maximum atomic E-state index is 9.16. The molecule has 1 aliphatic carbocycles. The molecule has 0 atom stereocenters. The lowest BCUT2D eigenvalue weighted by Gasteiger charge is -2.04. The minimum atomic E-state index is 0.415. The van der Waals surface area contributed by atoms with Gasteiger partial charge in [0.1, 0.15) is 11.1 Å². The summed E-state index contributed by atoms with van der Waals surface area (Å²) < 4.78 is 1.82. The van der Waals surface area contributed by atoms with Crippen molar-refractivity contribution in [2.24, 2.45) is 0 Å². The summed E-state index contributed by atoms with van der Waals surface area (Å²) in [5, 5.41) is 22.2. The number of rotatable bonds is 3. The van der Waals surface area contributed by atoms with E-state index in [2.05, 4.69) is 26.6 Å². The van der Waals surface area contributed by atoms with Crippen LogP contribution in [0, 0.1) is 18.3 Å². The molecule has 0 aromatic carbocycles. The Morgan fingerprint density at radius 2 is 2.33 bits per heavy atom. The van der Waals surface area contributed by atoms with E-state index in [1.165, 1.54) is 11.8 Å². The lowest BCUT2D eigenvalue weighted by Crippen LogP contribution is -1.99. The first-order chi connectivity index (χ1) is 8.79. The maximum absolute atomic E-state index is 9.16. The summed E-state index contributed by atoms with van der Waals surface area (Å²) in [4.78, 5) is 4.24. The monoisotopic (exact) mass is 258 g/mol. The van der Waals surface area contributed by atoms with Crippen LogP contribution < -0.4 is 0 Å². The molecule has 0 saturated heterocycles. The zero-order valence-corrected chi connectivity index (χ0v) is 10.6. The molecule has 1 aliphatic rings. The average Bonchev–Trinajstić information content (AvgIpc) is 3.11. The fourth-order valence-corrected chi connectivity index (χ4v) is 2.59. The number of nitrogens with zero attached hydrogens (tertiary/aromatic N) is 6. The van der Waals surface area contributed by atoms with Crippen molar-refractivity contribution in [3.8, 4) is 6.07 Å². The van der Waals surface area contributed by atoms with E-state index in [1.54, 1.807) is 6.20 Å². The third-order valence-corrected chi connectivity index (χ3v) is 3.73. The fraction of sp³-hybridized carbons (Fsp3) is 0.364. The van der Waals surface area contributed by atoms with Gasteiger partial charge in [0.15, 0.2) is 0 Å². The van der Waals surface area contributed by atoms with Gasteiger partial charge in [-0.2, -0.15) is 5.26 Å². The molecule has 2 aromatic rings.